The predicted molar refractivity (Wildman–Crippen MR) is 106 cm³/mol. The second-order valence-corrected chi connectivity index (χ2v) is 10.3. The third-order valence-corrected chi connectivity index (χ3v) is 8.20. The fourth-order valence-corrected chi connectivity index (χ4v) is 6.66. The first-order chi connectivity index (χ1) is 13.4. The lowest BCUT2D eigenvalue weighted by molar-refractivity contribution is 0.0352. The molecule has 28 heavy (non-hydrogen) atoms. The maximum absolute atomic E-state index is 12.9. The first-order valence-corrected chi connectivity index (χ1v) is 11.1. The van der Waals surface area contributed by atoms with Gasteiger partial charge in [0, 0.05) is 29.1 Å². The molecule has 5 rings (SSSR count). The molecule has 2 heterocycles. The fourth-order valence-electron chi connectivity index (χ4n) is 4.85. The molecular formula is C20H20ClN3O3S. The van der Waals surface area contributed by atoms with Crippen molar-refractivity contribution in [3.8, 4) is 0 Å². The van der Waals surface area contributed by atoms with Crippen molar-refractivity contribution < 1.29 is 13.5 Å². The van der Waals surface area contributed by atoms with Crippen LogP contribution in [0.15, 0.2) is 53.6 Å². The second-order valence-electron chi connectivity index (χ2n) is 7.88. The van der Waals surface area contributed by atoms with E-state index in [2.05, 4.69) is 10.2 Å². The fraction of sp³-hybridized carbons (Fsp3) is 0.350. The van der Waals surface area contributed by atoms with Gasteiger partial charge in [0.15, 0.2) is 0 Å². The van der Waals surface area contributed by atoms with Gasteiger partial charge in [-0.1, -0.05) is 29.8 Å². The van der Waals surface area contributed by atoms with Crippen LogP contribution >= 0.6 is 11.6 Å². The molecule has 3 aromatic rings. The van der Waals surface area contributed by atoms with Crippen LogP contribution in [0.25, 0.3) is 10.9 Å². The molecule has 0 spiro atoms. The number of rotatable bonds is 3. The molecule has 0 radical (unpaired) electrons. The number of H-pyrrole nitrogens is 1. The summed E-state index contributed by atoms with van der Waals surface area (Å²) in [6, 6.07) is 12.1. The van der Waals surface area contributed by atoms with Gasteiger partial charge in [-0.3, -0.25) is 5.10 Å². The highest BCUT2D eigenvalue weighted by Crippen LogP contribution is 2.51. The average molecular weight is 418 g/mol. The van der Waals surface area contributed by atoms with Crippen LogP contribution in [0.5, 0.6) is 0 Å². The van der Waals surface area contributed by atoms with Crippen LogP contribution < -0.4 is 0 Å². The summed E-state index contributed by atoms with van der Waals surface area (Å²) in [5.41, 5.74) is 0.508. The molecule has 1 aromatic heterocycles. The van der Waals surface area contributed by atoms with Gasteiger partial charge >= 0.3 is 0 Å². The lowest BCUT2D eigenvalue weighted by Gasteiger charge is -2.27. The van der Waals surface area contributed by atoms with Crippen LogP contribution in [0, 0.1) is 11.8 Å². The van der Waals surface area contributed by atoms with Gasteiger partial charge in [0.1, 0.15) is 0 Å². The van der Waals surface area contributed by atoms with Crippen molar-refractivity contribution in [2.24, 2.45) is 11.8 Å². The quantitative estimate of drug-likeness (QED) is 0.685. The zero-order valence-corrected chi connectivity index (χ0v) is 16.6. The molecule has 2 fully saturated rings. The third-order valence-electron chi connectivity index (χ3n) is 6.14. The van der Waals surface area contributed by atoms with Crippen LogP contribution in [-0.4, -0.2) is 41.1 Å². The molecule has 6 nitrogen and oxygen atoms in total. The highest BCUT2D eigenvalue weighted by Gasteiger charge is 2.51. The molecule has 0 amide bonds. The van der Waals surface area contributed by atoms with Gasteiger partial charge in [0.05, 0.1) is 22.2 Å². The summed E-state index contributed by atoms with van der Waals surface area (Å²) in [6.07, 6.45) is 2.71. The van der Waals surface area contributed by atoms with Crippen LogP contribution in [0.3, 0.4) is 0 Å². The average Bonchev–Trinajstić information content (AvgIpc) is 3.35. The molecule has 2 N–H and O–H groups in total. The summed E-state index contributed by atoms with van der Waals surface area (Å²) in [5.74, 6) is 0.223. The first kappa shape index (κ1) is 18.1. The summed E-state index contributed by atoms with van der Waals surface area (Å²) in [6.45, 7) is 0.855. The number of hydrogen-bond donors (Lipinski definition) is 2. The number of fused-ring (bicyclic) bond motifs is 2. The Balaban J connectivity index is 1.42. The monoisotopic (exact) mass is 417 g/mol. The standard InChI is InChI=1S/C20H20ClN3O3S/c21-16-6-13-10-22-23-19(13)18(7-16)20(25)8-14-11-24(12-15(14)9-20)28(26,27)17-4-2-1-3-5-17/h1-7,10,14-15,25H,8-9,11-12H2,(H,22,23). The van der Waals surface area contributed by atoms with E-state index in [1.807, 2.05) is 6.07 Å². The number of nitrogens with one attached hydrogen (secondary N) is 1. The predicted octanol–water partition coefficient (Wildman–Crippen LogP) is 3.13. The zero-order chi connectivity index (χ0) is 19.5. The maximum atomic E-state index is 12.9. The number of benzene rings is 2. The minimum atomic E-state index is -3.50. The molecule has 0 bridgehead atoms. The molecule has 146 valence electrons. The Bertz CT molecular complexity index is 1130. The molecule has 2 aliphatic rings. The van der Waals surface area contributed by atoms with Gasteiger partial charge in [-0.15, -0.1) is 0 Å². The summed E-state index contributed by atoms with van der Waals surface area (Å²) >= 11 is 6.25. The van der Waals surface area contributed by atoms with Crippen molar-refractivity contribution in [1.29, 1.82) is 0 Å². The highest BCUT2D eigenvalue weighted by atomic mass is 35.5. The lowest BCUT2D eigenvalue weighted by atomic mass is 9.89. The largest absolute Gasteiger partial charge is 0.385 e. The van der Waals surface area contributed by atoms with Gasteiger partial charge < -0.3 is 5.11 Å². The normalized spacial score (nSPS) is 28.1. The molecule has 1 saturated carbocycles. The van der Waals surface area contributed by atoms with Crippen molar-refractivity contribution in [1.82, 2.24) is 14.5 Å². The Kier molecular flexibility index (Phi) is 4.07. The molecule has 8 heteroatoms. The van der Waals surface area contributed by atoms with E-state index in [9.17, 15) is 13.5 Å². The van der Waals surface area contributed by atoms with Crippen LogP contribution in [0.4, 0.5) is 0 Å². The number of halogens is 1. The Hall–Kier alpha value is -1.93. The smallest absolute Gasteiger partial charge is 0.243 e. The minimum absolute atomic E-state index is 0.112. The number of aliphatic hydroxyl groups is 1. The topological polar surface area (TPSA) is 86.3 Å². The van der Waals surface area contributed by atoms with Gasteiger partial charge in [0.2, 0.25) is 10.0 Å². The molecule has 1 aliphatic heterocycles. The van der Waals surface area contributed by atoms with E-state index < -0.39 is 15.6 Å². The molecule has 1 aliphatic carbocycles. The van der Waals surface area contributed by atoms with Gasteiger partial charge in [-0.05, 0) is 48.9 Å². The molecule has 2 aromatic carbocycles. The van der Waals surface area contributed by atoms with Crippen molar-refractivity contribution in [2.75, 3.05) is 13.1 Å². The summed E-state index contributed by atoms with van der Waals surface area (Å²) < 4.78 is 27.4. The maximum Gasteiger partial charge on any atom is 0.243 e. The molecular weight excluding hydrogens is 398 g/mol. The zero-order valence-electron chi connectivity index (χ0n) is 15.0. The van der Waals surface area contributed by atoms with E-state index in [1.165, 1.54) is 0 Å². The van der Waals surface area contributed by atoms with Crippen molar-refractivity contribution >= 4 is 32.5 Å². The molecule has 2 atom stereocenters. The van der Waals surface area contributed by atoms with E-state index >= 15 is 0 Å². The lowest BCUT2D eigenvalue weighted by Crippen LogP contribution is -2.32. The number of aromatic nitrogens is 2. The van der Waals surface area contributed by atoms with E-state index in [0.717, 1.165) is 16.5 Å². The number of nitrogens with zero attached hydrogens (tertiary/aromatic N) is 2. The summed E-state index contributed by atoms with van der Waals surface area (Å²) in [5, 5.41) is 19.9. The van der Waals surface area contributed by atoms with Crippen LogP contribution in [0.1, 0.15) is 18.4 Å². The second kappa shape index (κ2) is 6.29. The van der Waals surface area contributed by atoms with Gasteiger partial charge in [-0.2, -0.15) is 9.40 Å². The van der Waals surface area contributed by atoms with Crippen molar-refractivity contribution in [3.63, 3.8) is 0 Å². The highest BCUT2D eigenvalue weighted by molar-refractivity contribution is 7.89. The van der Waals surface area contributed by atoms with E-state index in [1.54, 1.807) is 46.9 Å². The summed E-state index contributed by atoms with van der Waals surface area (Å²) in [7, 11) is -3.50. The van der Waals surface area contributed by atoms with E-state index in [-0.39, 0.29) is 11.8 Å². The van der Waals surface area contributed by atoms with Crippen LogP contribution in [-0.2, 0) is 15.6 Å². The molecule has 2 unspecified atom stereocenters. The van der Waals surface area contributed by atoms with Gasteiger partial charge in [0.25, 0.3) is 0 Å². The minimum Gasteiger partial charge on any atom is -0.385 e. The van der Waals surface area contributed by atoms with E-state index in [0.29, 0.717) is 35.8 Å². The Morgan fingerprint density at radius 2 is 1.82 bits per heavy atom. The molecule has 1 saturated heterocycles. The Morgan fingerprint density at radius 1 is 1.14 bits per heavy atom. The van der Waals surface area contributed by atoms with Crippen molar-refractivity contribution in [3.05, 3.63) is 59.2 Å². The first-order valence-electron chi connectivity index (χ1n) is 9.27. The Morgan fingerprint density at radius 3 is 2.50 bits per heavy atom. The number of aromatic amines is 1. The number of hydrogen-bond acceptors (Lipinski definition) is 4. The van der Waals surface area contributed by atoms with Crippen LogP contribution in [0.2, 0.25) is 5.02 Å². The van der Waals surface area contributed by atoms with Gasteiger partial charge in [-0.25, -0.2) is 8.42 Å². The summed E-state index contributed by atoms with van der Waals surface area (Å²) in [4.78, 5) is 0.319. The SMILES string of the molecule is O=S(=O)(c1ccccc1)N1CC2CC(O)(c3cc(Cl)cc4cn[nH]c34)CC2C1. The third kappa shape index (κ3) is 2.76. The Labute approximate surface area is 168 Å². The van der Waals surface area contributed by atoms with Crippen molar-refractivity contribution in [2.45, 2.75) is 23.3 Å². The van der Waals surface area contributed by atoms with E-state index in [4.69, 9.17) is 11.6 Å². The number of sulfonamides is 1.